The monoisotopic (exact) mass is 229 g/mol. The Balaban J connectivity index is 1.83. The van der Waals surface area contributed by atoms with Gasteiger partial charge in [0.25, 0.3) is 0 Å². The molecule has 0 aliphatic carbocycles. The molecule has 0 aromatic carbocycles. The molecule has 3 aromatic rings. The van der Waals surface area contributed by atoms with Crippen LogP contribution in [0.1, 0.15) is 11.5 Å². The summed E-state index contributed by atoms with van der Waals surface area (Å²) in [7, 11) is 0. The van der Waals surface area contributed by atoms with Gasteiger partial charge in [0.15, 0.2) is 0 Å². The van der Waals surface area contributed by atoms with Gasteiger partial charge in [-0.2, -0.15) is 0 Å². The molecule has 0 radical (unpaired) electrons. The van der Waals surface area contributed by atoms with E-state index in [1.807, 2.05) is 25.3 Å². The van der Waals surface area contributed by atoms with Crippen LogP contribution in [0.2, 0.25) is 0 Å². The molecule has 0 saturated heterocycles. The SMILES string of the molecule is Cc1cc(CNc2ncnc3[nH]ccc23)no1. The number of hydrogen-bond donors (Lipinski definition) is 2. The fraction of sp³-hybridized carbons (Fsp3) is 0.182. The molecule has 6 nitrogen and oxygen atoms in total. The van der Waals surface area contributed by atoms with Gasteiger partial charge in [0, 0.05) is 12.3 Å². The molecule has 0 unspecified atom stereocenters. The van der Waals surface area contributed by atoms with Crippen LogP contribution in [0.15, 0.2) is 29.2 Å². The Kier molecular flexibility index (Phi) is 2.25. The molecule has 0 aliphatic heterocycles. The first-order valence-electron chi connectivity index (χ1n) is 5.27. The fourth-order valence-electron chi connectivity index (χ4n) is 1.69. The van der Waals surface area contributed by atoms with E-state index in [4.69, 9.17) is 4.52 Å². The van der Waals surface area contributed by atoms with E-state index in [1.165, 1.54) is 6.33 Å². The van der Waals surface area contributed by atoms with Gasteiger partial charge in [-0.25, -0.2) is 9.97 Å². The molecule has 2 N–H and O–H groups in total. The summed E-state index contributed by atoms with van der Waals surface area (Å²) >= 11 is 0. The van der Waals surface area contributed by atoms with Gasteiger partial charge in [0.05, 0.1) is 11.9 Å². The third-order valence-electron chi connectivity index (χ3n) is 2.47. The summed E-state index contributed by atoms with van der Waals surface area (Å²) in [6.07, 6.45) is 3.36. The molecular weight excluding hydrogens is 218 g/mol. The maximum atomic E-state index is 5.00. The van der Waals surface area contributed by atoms with Gasteiger partial charge in [0.2, 0.25) is 0 Å². The minimum atomic E-state index is 0.578. The number of aromatic nitrogens is 4. The van der Waals surface area contributed by atoms with E-state index in [0.29, 0.717) is 6.54 Å². The van der Waals surface area contributed by atoms with Crippen LogP contribution < -0.4 is 5.32 Å². The van der Waals surface area contributed by atoms with Crippen molar-refractivity contribution >= 4 is 16.9 Å². The summed E-state index contributed by atoms with van der Waals surface area (Å²) in [6.45, 7) is 2.44. The average Bonchev–Trinajstić information content (AvgIpc) is 2.94. The van der Waals surface area contributed by atoms with E-state index in [2.05, 4.69) is 25.4 Å². The quantitative estimate of drug-likeness (QED) is 0.716. The van der Waals surface area contributed by atoms with Gasteiger partial charge >= 0.3 is 0 Å². The third-order valence-corrected chi connectivity index (χ3v) is 2.47. The summed E-state index contributed by atoms with van der Waals surface area (Å²) in [5.41, 5.74) is 1.67. The summed E-state index contributed by atoms with van der Waals surface area (Å²) in [6, 6.07) is 3.83. The van der Waals surface area contributed by atoms with Crippen LogP contribution in [0.25, 0.3) is 11.0 Å². The van der Waals surface area contributed by atoms with Crippen LogP contribution in [0.4, 0.5) is 5.82 Å². The van der Waals surface area contributed by atoms with Crippen LogP contribution in [-0.4, -0.2) is 20.1 Å². The highest BCUT2D eigenvalue weighted by Crippen LogP contribution is 2.17. The Morgan fingerprint density at radius 1 is 1.41 bits per heavy atom. The lowest BCUT2D eigenvalue weighted by Gasteiger charge is -2.03. The third kappa shape index (κ3) is 1.84. The Labute approximate surface area is 97.1 Å². The number of rotatable bonds is 3. The van der Waals surface area contributed by atoms with Gasteiger partial charge in [-0.15, -0.1) is 0 Å². The van der Waals surface area contributed by atoms with Crippen LogP contribution in [-0.2, 0) is 6.54 Å². The molecule has 6 heteroatoms. The molecule has 0 aliphatic rings. The molecule has 3 aromatic heterocycles. The largest absolute Gasteiger partial charge is 0.364 e. The molecule has 0 fully saturated rings. The van der Waals surface area contributed by atoms with E-state index in [1.54, 1.807) is 0 Å². The first-order valence-corrected chi connectivity index (χ1v) is 5.27. The first kappa shape index (κ1) is 9.83. The topological polar surface area (TPSA) is 79.6 Å². The Morgan fingerprint density at radius 3 is 3.18 bits per heavy atom. The number of fused-ring (bicyclic) bond motifs is 1. The second-order valence-electron chi connectivity index (χ2n) is 3.74. The molecule has 0 saturated carbocycles. The summed E-state index contributed by atoms with van der Waals surface area (Å²) in [4.78, 5) is 11.4. The second kappa shape index (κ2) is 3.89. The summed E-state index contributed by atoms with van der Waals surface area (Å²) in [5.74, 6) is 1.59. The lowest BCUT2D eigenvalue weighted by Crippen LogP contribution is -2.02. The molecular formula is C11H11N5O. The van der Waals surface area contributed by atoms with Crippen molar-refractivity contribution in [2.24, 2.45) is 0 Å². The van der Waals surface area contributed by atoms with Gasteiger partial charge in [-0.3, -0.25) is 0 Å². The van der Waals surface area contributed by atoms with Crippen LogP contribution in [0.5, 0.6) is 0 Å². The van der Waals surface area contributed by atoms with Crippen molar-refractivity contribution in [2.45, 2.75) is 13.5 Å². The van der Waals surface area contributed by atoms with Crippen molar-refractivity contribution < 1.29 is 4.52 Å². The molecule has 0 atom stereocenters. The Bertz CT molecular complexity index is 642. The van der Waals surface area contributed by atoms with Crippen molar-refractivity contribution in [1.29, 1.82) is 0 Å². The summed E-state index contributed by atoms with van der Waals surface area (Å²) in [5, 5.41) is 8.09. The number of anilines is 1. The standard InChI is InChI=1S/C11H11N5O/c1-7-4-8(16-17-7)5-13-11-9-2-3-12-10(9)14-6-15-11/h2-4,6H,5H2,1H3,(H2,12,13,14,15). The highest BCUT2D eigenvalue weighted by molar-refractivity contribution is 5.86. The van der Waals surface area contributed by atoms with Crippen LogP contribution in [0, 0.1) is 6.92 Å². The van der Waals surface area contributed by atoms with E-state index in [0.717, 1.165) is 28.3 Å². The number of aryl methyl sites for hydroxylation is 1. The normalized spacial score (nSPS) is 10.9. The predicted octanol–water partition coefficient (Wildman–Crippen LogP) is 1.87. The number of H-pyrrole nitrogens is 1. The van der Waals surface area contributed by atoms with Gasteiger partial charge in [-0.05, 0) is 13.0 Å². The zero-order valence-corrected chi connectivity index (χ0v) is 9.27. The molecule has 3 rings (SSSR count). The van der Waals surface area contributed by atoms with E-state index in [9.17, 15) is 0 Å². The van der Waals surface area contributed by atoms with E-state index < -0.39 is 0 Å². The smallest absolute Gasteiger partial charge is 0.142 e. The minimum Gasteiger partial charge on any atom is -0.364 e. The maximum Gasteiger partial charge on any atom is 0.142 e. The molecule has 0 spiro atoms. The summed E-state index contributed by atoms with van der Waals surface area (Å²) < 4.78 is 5.00. The predicted molar refractivity (Wildman–Crippen MR) is 62.5 cm³/mol. The van der Waals surface area contributed by atoms with Gasteiger partial charge in [0.1, 0.15) is 29.2 Å². The van der Waals surface area contributed by atoms with Crippen LogP contribution >= 0.6 is 0 Å². The molecule has 0 amide bonds. The first-order chi connectivity index (χ1) is 8.33. The molecule has 86 valence electrons. The zero-order valence-electron chi connectivity index (χ0n) is 9.27. The fourth-order valence-corrected chi connectivity index (χ4v) is 1.69. The molecule has 3 heterocycles. The van der Waals surface area contributed by atoms with Crippen molar-refractivity contribution in [1.82, 2.24) is 20.1 Å². The number of hydrogen-bond acceptors (Lipinski definition) is 5. The van der Waals surface area contributed by atoms with Crippen LogP contribution in [0.3, 0.4) is 0 Å². The number of nitrogens with zero attached hydrogens (tertiary/aromatic N) is 3. The zero-order chi connectivity index (χ0) is 11.7. The second-order valence-corrected chi connectivity index (χ2v) is 3.74. The van der Waals surface area contributed by atoms with Crippen molar-refractivity contribution in [3.8, 4) is 0 Å². The highest BCUT2D eigenvalue weighted by Gasteiger charge is 2.05. The lowest BCUT2D eigenvalue weighted by molar-refractivity contribution is 0.391. The van der Waals surface area contributed by atoms with Crippen molar-refractivity contribution in [3.63, 3.8) is 0 Å². The minimum absolute atomic E-state index is 0.578. The van der Waals surface area contributed by atoms with E-state index >= 15 is 0 Å². The lowest BCUT2D eigenvalue weighted by atomic mass is 10.3. The van der Waals surface area contributed by atoms with Gasteiger partial charge in [-0.1, -0.05) is 5.16 Å². The Hall–Kier alpha value is -2.37. The average molecular weight is 229 g/mol. The number of aromatic amines is 1. The maximum absolute atomic E-state index is 5.00. The number of nitrogens with one attached hydrogen (secondary N) is 2. The molecule has 17 heavy (non-hydrogen) atoms. The van der Waals surface area contributed by atoms with Crippen molar-refractivity contribution in [2.75, 3.05) is 5.32 Å². The van der Waals surface area contributed by atoms with Gasteiger partial charge < -0.3 is 14.8 Å². The highest BCUT2D eigenvalue weighted by atomic mass is 16.5. The molecule has 0 bridgehead atoms. The Morgan fingerprint density at radius 2 is 2.35 bits per heavy atom. The van der Waals surface area contributed by atoms with Crippen molar-refractivity contribution in [3.05, 3.63) is 36.1 Å². The van der Waals surface area contributed by atoms with E-state index in [-0.39, 0.29) is 0 Å².